The topological polar surface area (TPSA) is 68.9 Å². The number of benzene rings is 1. The normalized spacial score (nSPS) is 11.4. The molecule has 4 nitrogen and oxygen atoms in total. The second-order valence-electron chi connectivity index (χ2n) is 6.30. The van der Waals surface area contributed by atoms with Crippen LogP contribution in [0.5, 0.6) is 0 Å². The summed E-state index contributed by atoms with van der Waals surface area (Å²) in [5.74, 6) is 1.05. The third-order valence-corrected chi connectivity index (χ3v) is 5.68. The molecule has 2 N–H and O–H groups in total. The predicted octanol–water partition coefficient (Wildman–Crippen LogP) is 5.65. The van der Waals surface area contributed by atoms with E-state index in [0.29, 0.717) is 37.6 Å². The molecular formula is C18H17Cl2N3OS. The summed E-state index contributed by atoms with van der Waals surface area (Å²) in [5, 5.41) is 1.61. The van der Waals surface area contributed by atoms with Crippen molar-refractivity contribution < 1.29 is 4.79 Å². The SMILES string of the molecule is CC(=O)c1sc2nc(CC(C)C)nc(-c3ccc(Cl)c(Cl)c3)c2c1N. The maximum Gasteiger partial charge on any atom is 0.171 e. The first kappa shape index (κ1) is 18.1. The number of fused-ring (bicyclic) bond motifs is 1. The molecule has 0 aliphatic carbocycles. The van der Waals surface area contributed by atoms with Gasteiger partial charge in [0.05, 0.1) is 31.7 Å². The van der Waals surface area contributed by atoms with Gasteiger partial charge in [-0.2, -0.15) is 0 Å². The molecule has 0 saturated carbocycles. The van der Waals surface area contributed by atoms with Crippen molar-refractivity contribution in [2.24, 2.45) is 5.92 Å². The molecule has 0 unspecified atom stereocenters. The van der Waals surface area contributed by atoms with Crippen LogP contribution in [0.15, 0.2) is 18.2 Å². The summed E-state index contributed by atoms with van der Waals surface area (Å²) < 4.78 is 0. The minimum absolute atomic E-state index is 0.0778. The van der Waals surface area contributed by atoms with Gasteiger partial charge >= 0.3 is 0 Å². The molecule has 25 heavy (non-hydrogen) atoms. The lowest BCUT2D eigenvalue weighted by Crippen LogP contribution is -2.03. The zero-order valence-electron chi connectivity index (χ0n) is 14.1. The fourth-order valence-corrected chi connectivity index (χ4v) is 3.94. The van der Waals surface area contributed by atoms with E-state index < -0.39 is 0 Å². The van der Waals surface area contributed by atoms with Crippen LogP contribution in [-0.2, 0) is 6.42 Å². The van der Waals surface area contributed by atoms with Gasteiger partial charge in [0.25, 0.3) is 0 Å². The Morgan fingerprint density at radius 2 is 1.96 bits per heavy atom. The largest absolute Gasteiger partial charge is 0.397 e. The van der Waals surface area contributed by atoms with Crippen LogP contribution < -0.4 is 5.73 Å². The van der Waals surface area contributed by atoms with Gasteiger partial charge in [0.15, 0.2) is 5.78 Å². The average molecular weight is 394 g/mol. The van der Waals surface area contributed by atoms with Crippen molar-refractivity contribution in [1.82, 2.24) is 9.97 Å². The molecule has 7 heteroatoms. The highest BCUT2D eigenvalue weighted by molar-refractivity contribution is 7.21. The summed E-state index contributed by atoms with van der Waals surface area (Å²) in [7, 11) is 0. The van der Waals surface area contributed by atoms with Crippen molar-refractivity contribution >= 4 is 56.2 Å². The molecule has 0 bridgehead atoms. The number of carbonyl (C=O) groups excluding carboxylic acids is 1. The molecule has 130 valence electrons. The van der Waals surface area contributed by atoms with E-state index in [2.05, 4.69) is 18.8 Å². The smallest absolute Gasteiger partial charge is 0.171 e. The van der Waals surface area contributed by atoms with Crippen molar-refractivity contribution in [3.8, 4) is 11.3 Å². The summed E-state index contributed by atoms with van der Waals surface area (Å²) >= 11 is 13.5. The molecule has 3 aromatic rings. The lowest BCUT2D eigenvalue weighted by atomic mass is 10.1. The number of thiophene rings is 1. The lowest BCUT2D eigenvalue weighted by Gasteiger charge is -2.09. The van der Waals surface area contributed by atoms with Crippen molar-refractivity contribution in [3.05, 3.63) is 38.9 Å². The monoisotopic (exact) mass is 393 g/mol. The second-order valence-corrected chi connectivity index (χ2v) is 8.11. The summed E-state index contributed by atoms with van der Waals surface area (Å²) in [6, 6.07) is 5.33. The summed E-state index contributed by atoms with van der Waals surface area (Å²) in [4.78, 5) is 22.5. The van der Waals surface area contributed by atoms with Crippen LogP contribution >= 0.6 is 34.5 Å². The fourth-order valence-electron chi connectivity index (χ4n) is 2.64. The highest BCUT2D eigenvalue weighted by Crippen LogP contribution is 2.39. The first-order chi connectivity index (χ1) is 11.8. The Morgan fingerprint density at radius 1 is 1.24 bits per heavy atom. The predicted molar refractivity (Wildman–Crippen MR) is 106 cm³/mol. The number of Topliss-reactive ketones (excluding diaryl/α,β-unsaturated/α-hetero) is 1. The van der Waals surface area contributed by atoms with Crippen LogP contribution in [0, 0.1) is 5.92 Å². The molecule has 0 aliphatic rings. The second kappa shape index (κ2) is 6.90. The molecule has 0 amide bonds. The number of hydrogen-bond acceptors (Lipinski definition) is 5. The third kappa shape index (κ3) is 3.50. The number of nitrogens with zero attached hydrogens (tertiary/aromatic N) is 2. The van der Waals surface area contributed by atoms with Crippen LogP contribution in [0.3, 0.4) is 0 Å². The highest BCUT2D eigenvalue weighted by atomic mass is 35.5. The molecule has 0 saturated heterocycles. The summed E-state index contributed by atoms with van der Waals surface area (Å²) in [5.41, 5.74) is 8.15. The summed E-state index contributed by atoms with van der Waals surface area (Å²) in [6.07, 6.45) is 0.734. The summed E-state index contributed by atoms with van der Waals surface area (Å²) in [6.45, 7) is 5.72. The average Bonchev–Trinajstić information content (AvgIpc) is 2.86. The van der Waals surface area contributed by atoms with Crippen molar-refractivity contribution in [3.63, 3.8) is 0 Å². The van der Waals surface area contributed by atoms with Gasteiger partial charge in [-0.05, 0) is 18.1 Å². The molecule has 0 spiro atoms. The van der Waals surface area contributed by atoms with E-state index in [-0.39, 0.29) is 5.78 Å². The van der Waals surface area contributed by atoms with Crippen LogP contribution in [0.2, 0.25) is 10.0 Å². The molecule has 3 rings (SSSR count). The van der Waals surface area contributed by atoms with Crippen LogP contribution in [-0.4, -0.2) is 15.8 Å². The Labute approximate surface area is 160 Å². The maximum absolute atomic E-state index is 11.9. The zero-order chi connectivity index (χ0) is 18.3. The minimum Gasteiger partial charge on any atom is -0.397 e. The first-order valence-electron chi connectivity index (χ1n) is 7.83. The van der Waals surface area contributed by atoms with E-state index in [0.717, 1.165) is 22.6 Å². The number of carbonyl (C=O) groups is 1. The van der Waals surface area contributed by atoms with Gasteiger partial charge in [-0.25, -0.2) is 9.97 Å². The Kier molecular flexibility index (Phi) is 5.00. The molecule has 2 heterocycles. The molecule has 0 radical (unpaired) electrons. The Hall–Kier alpha value is -1.69. The number of anilines is 1. The minimum atomic E-state index is -0.0778. The zero-order valence-corrected chi connectivity index (χ0v) is 16.4. The molecule has 0 atom stereocenters. The van der Waals surface area contributed by atoms with E-state index >= 15 is 0 Å². The highest BCUT2D eigenvalue weighted by Gasteiger charge is 2.21. The third-order valence-electron chi connectivity index (χ3n) is 3.74. The van der Waals surface area contributed by atoms with E-state index in [1.165, 1.54) is 18.3 Å². The Balaban J connectivity index is 2.33. The van der Waals surface area contributed by atoms with E-state index in [1.807, 2.05) is 6.07 Å². The standard InChI is InChI=1S/C18H17Cl2N3OS/c1-8(2)6-13-22-16(10-4-5-11(19)12(20)7-10)14-15(21)17(9(3)24)25-18(14)23-13/h4-5,7-8H,6,21H2,1-3H3. The Morgan fingerprint density at radius 3 is 2.56 bits per heavy atom. The van der Waals surface area contributed by atoms with Crippen molar-refractivity contribution in [2.75, 3.05) is 5.73 Å². The van der Waals surface area contributed by atoms with Gasteiger partial charge in [0, 0.05) is 18.9 Å². The van der Waals surface area contributed by atoms with Gasteiger partial charge < -0.3 is 5.73 Å². The van der Waals surface area contributed by atoms with Crippen LogP contribution in [0.1, 0.15) is 36.3 Å². The number of rotatable bonds is 4. The quantitative estimate of drug-likeness (QED) is 0.581. The molecule has 0 aliphatic heterocycles. The van der Waals surface area contributed by atoms with Crippen molar-refractivity contribution in [1.29, 1.82) is 0 Å². The lowest BCUT2D eigenvalue weighted by molar-refractivity contribution is 0.102. The number of ketones is 1. The Bertz CT molecular complexity index is 982. The van der Waals surface area contributed by atoms with Gasteiger partial charge in [-0.3, -0.25) is 4.79 Å². The van der Waals surface area contributed by atoms with Gasteiger partial charge in [-0.1, -0.05) is 43.1 Å². The van der Waals surface area contributed by atoms with E-state index in [4.69, 9.17) is 33.9 Å². The number of hydrogen-bond donors (Lipinski definition) is 1. The van der Waals surface area contributed by atoms with Gasteiger partial charge in [-0.15, -0.1) is 11.3 Å². The van der Waals surface area contributed by atoms with Gasteiger partial charge in [0.2, 0.25) is 0 Å². The molecular weight excluding hydrogens is 377 g/mol. The first-order valence-corrected chi connectivity index (χ1v) is 9.40. The molecule has 1 aromatic carbocycles. The van der Waals surface area contributed by atoms with E-state index in [1.54, 1.807) is 12.1 Å². The number of halogens is 2. The van der Waals surface area contributed by atoms with Crippen molar-refractivity contribution in [2.45, 2.75) is 27.2 Å². The molecule has 0 fully saturated rings. The number of nitrogens with two attached hydrogens (primary N) is 1. The number of nitrogen functional groups attached to an aromatic ring is 1. The fraction of sp³-hybridized carbons (Fsp3) is 0.278. The van der Waals surface area contributed by atoms with Crippen LogP contribution in [0.25, 0.3) is 21.5 Å². The maximum atomic E-state index is 11.9. The van der Waals surface area contributed by atoms with Gasteiger partial charge in [0.1, 0.15) is 10.7 Å². The number of aromatic nitrogens is 2. The molecule has 2 aromatic heterocycles. The van der Waals surface area contributed by atoms with E-state index in [9.17, 15) is 4.79 Å². The van der Waals surface area contributed by atoms with Crippen LogP contribution in [0.4, 0.5) is 5.69 Å².